The predicted octanol–water partition coefficient (Wildman–Crippen LogP) is -1.43. The molecule has 0 bridgehead atoms. The van der Waals surface area contributed by atoms with Crippen molar-refractivity contribution in [2.24, 2.45) is 0 Å². The van der Waals surface area contributed by atoms with E-state index in [0.29, 0.717) is 12.2 Å². The number of anilines is 1. The van der Waals surface area contributed by atoms with Gasteiger partial charge in [0.05, 0.1) is 6.54 Å². The van der Waals surface area contributed by atoms with Gasteiger partial charge in [-0.15, -0.1) is 0 Å². The summed E-state index contributed by atoms with van der Waals surface area (Å²) in [5.41, 5.74) is 0.656. The fourth-order valence-electron chi connectivity index (χ4n) is 2.45. The first-order valence-corrected chi connectivity index (χ1v) is 6.90. The Morgan fingerprint density at radius 2 is 1.74 bits per heavy atom. The first kappa shape index (κ1) is 14.0. The molecule has 1 aromatic carbocycles. The molecular formula is C14H22FN3O+2. The number of amides is 1. The third kappa shape index (κ3) is 4.29. The van der Waals surface area contributed by atoms with Crippen molar-refractivity contribution in [2.75, 3.05) is 44.6 Å². The van der Waals surface area contributed by atoms with Crippen LogP contribution in [0, 0.1) is 5.82 Å². The van der Waals surface area contributed by atoms with Crippen molar-refractivity contribution in [3.05, 3.63) is 30.1 Å². The van der Waals surface area contributed by atoms with Gasteiger partial charge in [0.15, 0.2) is 6.54 Å². The molecule has 0 aromatic heterocycles. The number of halogens is 1. The molecule has 1 amide bonds. The van der Waals surface area contributed by atoms with Crippen LogP contribution >= 0.6 is 0 Å². The van der Waals surface area contributed by atoms with Gasteiger partial charge in [0.2, 0.25) is 0 Å². The van der Waals surface area contributed by atoms with Crippen LogP contribution in [0.2, 0.25) is 0 Å². The molecule has 0 spiro atoms. The molecule has 0 radical (unpaired) electrons. The lowest BCUT2D eigenvalue weighted by Gasteiger charge is -2.28. The highest BCUT2D eigenvalue weighted by molar-refractivity contribution is 5.91. The minimum absolute atomic E-state index is 0.00144. The number of likely N-dealkylation sites (N-methyl/N-ethyl adjacent to an activating group) is 1. The minimum Gasteiger partial charge on any atom is -0.326 e. The van der Waals surface area contributed by atoms with Crippen LogP contribution in [0.25, 0.3) is 0 Å². The molecule has 1 heterocycles. The zero-order chi connectivity index (χ0) is 13.7. The SMILES string of the molecule is CC[NH+]1CC[NH+](CC(=O)Nc2ccc(F)cc2)CC1. The molecule has 1 aliphatic heterocycles. The summed E-state index contributed by atoms with van der Waals surface area (Å²) in [6.45, 7) is 8.20. The Morgan fingerprint density at radius 1 is 1.16 bits per heavy atom. The maximum absolute atomic E-state index is 12.7. The zero-order valence-electron chi connectivity index (χ0n) is 11.3. The highest BCUT2D eigenvalue weighted by Gasteiger charge is 2.23. The number of rotatable bonds is 4. The normalized spacial score (nSPS) is 23.1. The maximum atomic E-state index is 12.7. The standard InChI is InChI=1S/C14H20FN3O/c1-2-17-7-9-18(10-8-17)11-14(19)16-13-5-3-12(15)4-6-13/h3-6H,2,7-11H2,1H3,(H,16,19)/p+2. The number of hydrogen-bond donors (Lipinski definition) is 3. The molecule has 1 fully saturated rings. The number of quaternary nitrogens is 2. The van der Waals surface area contributed by atoms with E-state index < -0.39 is 0 Å². The molecule has 1 aromatic rings. The van der Waals surface area contributed by atoms with Crippen molar-refractivity contribution in [1.82, 2.24) is 0 Å². The van der Waals surface area contributed by atoms with Gasteiger partial charge in [0, 0.05) is 5.69 Å². The number of benzene rings is 1. The van der Waals surface area contributed by atoms with Gasteiger partial charge in [-0.1, -0.05) is 0 Å². The fourth-order valence-corrected chi connectivity index (χ4v) is 2.45. The van der Waals surface area contributed by atoms with E-state index >= 15 is 0 Å². The summed E-state index contributed by atoms with van der Waals surface area (Å²) in [6.07, 6.45) is 0. The molecule has 1 aliphatic rings. The van der Waals surface area contributed by atoms with E-state index in [-0.39, 0.29) is 11.7 Å². The molecule has 0 atom stereocenters. The first-order chi connectivity index (χ1) is 9.17. The quantitative estimate of drug-likeness (QED) is 0.615. The van der Waals surface area contributed by atoms with Crippen LogP contribution in [0.3, 0.4) is 0 Å². The maximum Gasteiger partial charge on any atom is 0.279 e. The second-order valence-electron chi connectivity index (χ2n) is 5.09. The molecule has 0 unspecified atom stereocenters. The van der Waals surface area contributed by atoms with Crippen LogP contribution in [0.15, 0.2) is 24.3 Å². The average Bonchev–Trinajstić information content (AvgIpc) is 2.42. The van der Waals surface area contributed by atoms with Crippen LogP contribution in [-0.2, 0) is 4.79 Å². The minimum atomic E-state index is -0.290. The second kappa shape index (κ2) is 6.63. The van der Waals surface area contributed by atoms with E-state index in [2.05, 4.69) is 12.2 Å². The molecule has 3 N–H and O–H groups in total. The average molecular weight is 267 g/mol. The molecule has 19 heavy (non-hydrogen) atoms. The van der Waals surface area contributed by atoms with Crippen LogP contribution in [0.4, 0.5) is 10.1 Å². The van der Waals surface area contributed by atoms with Gasteiger partial charge in [-0.25, -0.2) is 4.39 Å². The lowest BCUT2D eigenvalue weighted by molar-refractivity contribution is -1.01. The third-order valence-electron chi connectivity index (χ3n) is 3.70. The number of carbonyl (C=O) groups excluding carboxylic acids is 1. The van der Waals surface area contributed by atoms with E-state index in [4.69, 9.17) is 0 Å². The van der Waals surface area contributed by atoms with Crippen molar-refractivity contribution in [1.29, 1.82) is 0 Å². The molecule has 5 heteroatoms. The van der Waals surface area contributed by atoms with Gasteiger partial charge >= 0.3 is 0 Å². The van der Waals surface area contributed by atoms with Gasteiger partial charge in [-0.3, -0.25) is 4.79 Å². The van der Waals surface area contributed by atoms with Crippen molar-refractivity contribution in [3.63, 3.8) is 0 Å². The molecule has 1 saturated heterocycles. The molecule has 2 rings (SSSR count). The Bertz CT molecular complexity index is 413. The number of hydrogen-bond acceptors (Lipinski definition) is 1. The third-order valence-corrected chi connectivity index (χ3v) is 3.70. The highest BCUT2D eigenvalue weighted by Crippen LogP contribution is 2.07. The van der Waals surface area contributed by atoms with E-state index in [1.54, 1.807) is 17.0 Å². The number of nitrogens with one attached hydrogen (secondary N) is 3. The fraction of sp³-hybridized carbons (Fsp3) is 0.500. The summed E-state index contributed by atoms with van der Waals surface area (Å²) in [5.74, 6) is -0.288. The Balaban J connectivity index is 1.77. The second-order valence-corrected chi connectivity index (χ2v) is 5.09. The predicted molar refractivity (Wildman–Crippen MR) is 71.8 cm³/mol. The van der Waals surface area contributed by atoms with Gasteiger partial charge in [0.1, 0.15) is 32.0 Å². The number of carbonyl (C=O) groups is 1. The van der Waals surface area contributed by atoms with Crippen LogP contribution in [0.5, 0.6) is 0 Å². The van der Waals surface area contributed by atoms with Gasteiger partial charge in [0.25, 0.3) is 5.91 Å². The highest BCUT2D eigenvalue weighted by atomic mass is 19.1. The summed E-state index contributed by atoms with van der Waals surface area (Å²) in [7, 11) is 0. The monoisotopic (exact) mass is 267 g/mol. The van der Waals surface area contributed by atoms with Crippen molar-refractivity contribution >= 4 is 11.6 Å². The van der Waals surface area contributed by atoms with Crippen molar-refractivity contribution in [3.8, 4) is 0 Å². The van der Waals surface area contributed by atoms with E-state index in [9.17, 15) is 9.18 Å². The van der Waals surface area contributed by atoms with E-state index in [1.807, 2.05) is 0 Å². The number of piperazine rings is 1. The van der Waals surface area contributed by atoms with Crippen molar-refractivity contribution in [2.45, 2.75) is 6.92 Å². The van der Waals surface area contributed by atoms with Crippen LogP contribution in [0.1, 0.15) is 6.92 Å². The summed E-state index contributed by atoms with van der Waals surface area (Å²) in [6, 6.07) is 5.88. The summed E-state index contributed by atoms with van der Waals surface area (Å²) in [5, 5.41) is 2.81. The molecule has 0 saturated carbocycles. The summed E-state index contributed by atoms with van der Waals surface area (Å²) < 4.78 is 12.7. The van der Waals surface area contributed by atoms with E-state index in [1.165, 1.54) is 17.0 Å². The largest absolute Gasteiger partial charge is 0.326 e. The van der Waals surface area contributed by atoms with Crippen LogP contribution < -0.4 is 15.1 Å². The van der Waals surface area contributed by atoms with E-state index in [0.717, 1.165) is 32.7 Å². The summed E-state index contributed by atoms with van der Waals surface area (Å²) >= 11 is 0. The van der Waals surface area contributed by atoms with Crippen LogP contribution in [-0.4, -0.2) is 45.2 Å². The molecule has 0 aliphatic carbocycles. The molecule has 104 valence electrons. The lowest BCUT2D eigenvalue weighted by atomic mass is 10.3. The van der Waals surface area contributed by atoms with Gasteiger partial charge < -0.3 is 15.1 Å². The summed E-state index contributed by atoms with van der Waals surface area (Å²) in [4.78, 5) is 14.8. The van der Waals surface area contributed by atoms with Gasteiger partial charge in [-0.05, 0) is 31.2 Å². The smallest absolute Gasteiger partial charge is 0.279 e. The Kier molecular flexibility index (Phi) is 4.87. The molecule has 4 nitrogen and oxygen atoms in total. The molecular weight excluding hydrogens is 245 g/mol. The van der Waals surface area contributed by atoms with Gasteiger partial charge in [-0.2, -0.15) is 0 Å². The first-order valence-electron chi connectivity index (χ1n) is 6.90. The lowest BCUT2D eigenvalue weighted by Crippen LogP contribution is -3.28. The Hall–Kier alpha value is -1.46. The topological polar surface area (TPSA) is 38.0 Å². The Morgan fingerprint density at radius 3 is 2.32 bits per heavy atom. The van der Waals surface area contributed by atoms with Crippen molar-refractivity contribution < 1.29 is 19.0 Å². The Labute approximate surface area is 113 Å². The zero-order valence-corrected chi connectivity index (χ0v) is 11.3.